The second kappa shape index (κ2) is 6.02. The van der Waals surface area contributed by atoms with E-state index in [2.05, 4.69) is 34.5 Å². The molecule has 0 saturated carbocycles. The van der Waals surface area contributed by atoms with Crippen LogP contribution in [-0.2, 0) is 13.1 Å². The lowest BCUT2D eigenvalue weighted by Crippen LogP contribution is -2.29. The van der Waals surface area contributed by atoms with E-state index < -0.39 is 0 Å². The molecule has 0 amide bonds. The zero-order chi connectivity index (χ0) is 11.2. The van der Waals surface area contributed by atoms with Gasteiger partial charge in [0.2, 0.25) is 0 Å². The van der Waals surface area contributed by atoms with Gasteiger partial charge in [0.25, 0.3) is 0 Å². The highest BCUT2D eigenvalue weighted by molar-refractivity contribution is 5.23. The maximum Gasteiger partial charge on any atom is 0.0233 e. The Kier molecular flexibility index (Phi) is 4.37. The quantitative estimate of drug-likeness (QED) is 0.835. The van der Waals surface area contributed by atoms with Crippen molar-refractivity contribution in [3.05, 3.63) is 35.4 Å². The first-order valence-electron chi connectivity index (χ1n) is 6.33. The highest BCUT2D eigenvalue weighted by atomic mass is 15.1. The summed E-state index contributed by atoms with van der Waals surface area (Å²) in [6.45, 7) is 4.64. The molecule has 0 spiro atoms. The minimum atomic E-state index is 0.966. The van der Waals surface area contributed by atoms with Gasteiger partial charge in [0.05, 0.1) is 0 Å². The molecule has 88 valence electrons. The predicted octanol–water partition coefficient (Wildman–Crippen LogP) is 2.39. The van der Waals surface area contributed by atoms with E-state index in [4.69, 9.17) is 0 Å². The molecule has 0 aliphatic carbocycles. The summed E-state index contributed by atoms with van der Waals surface area (Å²) in [5, 5.41) is 3.20. The molecule has 1 aliphatic rings. The Morgan fingerprint density at radius 1 is 1.12 bits per heavy atom. The summed E-state index contributed by atoms with van der Waals surface area (Å²) in [5.41, 5.74) is 2.84. The van der Waals surface area contributed by atoms with Crippen LogP contribution in [0.3, 0.4) is 0 Å². The predicted molar refractivity (Wildman–Crippen MR) is 68.3 cm³/mol. The van der Waals surface area contributed by atoms with Crippen LogP contribution in [0.25, 0.3) is 0 Å². The number of benzene rings is 1. The van der Waals surface area contributed by atoms with Gasteiger partial charge in [-0.25, -0.2) is 0 Å². The molecular formula is C14H22N2. The summed E-state index contributed by atoms with van der Waals surface area (Å²) in [4.78, 5) is 2.57. The molecule has 1 saturated heterocycles. The van der Waals surface area contributed by atoms with E-state index in [0.29, 0.717) is 0 Å². The van der Waals surface area contributed by atoms with Crippen molar-refractivity contribution in [2.75, 3.05) is 20.1 Å². The Morgan fingerprint density at radius 2 is 1.88 bits per heavy atom. The normalized spacial score (nSPS) is 17.6. The third kappa shape index (κ3) is 3.32. The van der Waals surface area contributed by atoms with Gasteiger partial charge in [0.1, 0.15) is 0 Å². The minimum Gasteiger partial charge on any atom is -0.316 e. The summed E-state index contributed by atoms with van der Waals surface area (Å²) in [6, 6.07) is 8.93. The van der Waals surface area contributed by atoms with Crippen molar-refractivity contribution in [1.29, 1.82) is 0 Å². The maximum atomic E-state index is 3.20. The maximum absolute atomic E-state index is 3.20. The molecule has 1 heterocycles. The van der Waals surface area contributed by atoms with Crippen LogP contribution < -0.4 is 5.32 Å². The van der Waals surface area contributed by atoms with Crippen molar-refractivity contribution >= 4 is 0 Å². The molecule has 1 aromatic carbocycles. The van der Waals surface area contributed by atoms with Crippen molar-refractivity contribution in [1.82, 2.24) is 10.2 Å². The van der Waals surface area contributed by atoms with Crippen LogP contribution in [0.1, 0.15) is 30.4 Å². The third-order valence-corrected chi connectivity index (χ3v) is 3.23. The average Bonchev–Trinajstić information content (AvgIpc) is 2.31. The van der Waals surface area contributed by atoms with Crippen molar-refractivity contribution in [3.63, 3.8) is 0 Å². The molecule has 2 rings (SSSR count). The molecule has 2 nitrogen and oxygen atoms in total. The first-order valence-corrected chi connectivity index (χ1v) is 6.33. The zero-order valence-corrected chi connectivity index (χ0v) is 10.2. The van der Waals surface area contributed by atoms with Crippen LogP contribution in [0.15, 0.2) is 24.3 Å². The second-order valence-corrected chi connectivity index (χ2v) is 4.69. The van der Waals surface area contributed by atoms with Crippen molar-refractivity contribution in [2.24, 2.45) is 0 Å². The molecule has 1 aliphatic heterocycles. The van der Waals surface area contributed by atoms with Gasteiger partial charge in [0.15, 0.2) is 0 Å². The first-order chi connectivity index (χ1) is 7.88. The van der Waals surface area contributed by atoms with Crippen LogP contribution in [0.4, 0.5) is 0 Å². The fraction of sp³-hybridized carbons (Fsp3) is 0.571. The summed E-state index contributed by atoms with van der Waals surface area (Å²) in [5.74, 6) is 0. The van der Waals surface area contributed by atoms with E-state index in [1.54, 1.807) is 0 Å². The second-order valence-electron chi connectivity index (χ2n) is 4.69. The van der Waals surface area contributed by atoms with Gasteiger partial charge in [-0.2, -0.15) is 0 Å². The number of nitrogens with zero attached hydrogens (tertiary/aromatic N) is 1. The van der Waals surface area contributed by atoms with Crippen LogP contribution in [0.5, 0.6) is 0 Å². The standard InChI is InChI=1S/C14H22N2/c1-15-11-13-6-5-7-14(10-13)12-16-8-3-2-4-9-16/h5-7,10,15H,2-4,8-9,11-12H2,1H3. The van der Waals surface area contributed by atoms with Gasteiger partial charge in [-0.15, -0.1) is 0 Å². The van der Waals surface area contributed by atoms with Gasteiger partial charge in [0, 0.05) is 13.1 Å². The topological polar surface area (TPSA) is 15.3 Å². The minimum absolute atomic E-state index is 0.966. The summed E-state index contributed by atoms with van der Waals surface area (Å²) in [6.07, 6.45) is 4.16. The lowest BCUT2D eigenvalue weighted by Gasteiger charge is -2.26. The molecule has 1 aromatic rings. The van der Waals surface area contributed by atoms with Gasteiger partial charge < -0.3 is 5.32 Å². The highest BCUT2D eigenvalue weighted by Crippen LogP contribution is 2.13. The summed E-state index contributed by atoms with van der Waals surface area (Å²) < 4.78 is 0. The van der Waals surface area contributed by atoms with Crippen LogP contribution >= 0.6 is 0 Å². The monoisotopic (exact) mass is 218 g/mol. The molecule has 0 aromatic heterocycles. The van der Waals surface area contributed by atoms with Gasteiger partial charge in [-0.1, -0.05) is 30.7 Å². The van der Waals surface area contributed by atoms with E-state index in [9.17, 15) is 0 Å². The Balaban J connectivity index is 1.94. The van der Waals surface area contributed by atoms with Crippen molar-refractivity contribution < 1.29 is 0 Å². The van der Waals surface area contributed by atoms with Gasteiger partial charge >= 0.3 is 0 Å². The third-order valence-electron chi connectivity index (χ3n) is 3.23. The van der Waals surface area contributed by atoms with Gasteiger partial charge in [-0.05, 0) is 44.1 Å². The number of hydrogen-bond acceptors (Lipinski definition) is 2. The van der Waals surface area contributed by atoms with Crippen molar-refractivity contribution in [3.8, 4) is 0 Å². The Labute approximate surface area is 98.7 Å². The number of piperidine rings is 1. The zero-order valence-electron chi connectivity index (χ0n) is 10.2. The Morgan fingerprint density at radius 3 is 2.62 bits per heavy atom. The number of rotatable bonds is 4. The lowest BCUT2D eigenvalue weighted by molar-refractivity contribution is 0.221. The largest absolute Gasteiger partial charge is 0.316 e. The summed E-state index contributed by atoms with van der Waals surface area (Å²) in [7, 11) is 2.00. The Bertz CT molecular complexity index is 316. The van der Waals surface area contributed by atoms with Crippen LogP contribution in [0.2, 0.25) is 0 Å². The molecule has 0 bridgehead atoms. The Hall–Kier alpha value is -0.860. The molecule has 1 fully saturated rings. The van der Waals surface area contributed by atoms with Crippen molar-refractivity contribution in [2.45, 2.75) is 32.4 Å². The molecule has 0 unspecified atom stereocenters. The molecule has 16 heavy (non-hydrogen) atoms. The van der Waals surface area contributed by atoms with E-state index in [1.807, 2.05) is 7.05 Å². The van der Waals surface area contributed by atoms with Crippen LogP contribution in [0, 0.1) is 0 Å². The van der Waals surface area contributed by atoms with E-state index in [1.165, 1.54) is 43.5 Å². The summed E-state index contributed by atoms with van der Waals surface area (Å²) >= 11 is 0. The fourth-order valence-electron chi connectivity index (χ4n) is 2.42. The average molecular weight is 218 g/mol. The lowest BCUT2D eigenvalue weighted by atomic mass is 10.1. The van der Waals surface area contributed by atoms with E-state index in [-0.39, 0.29) is 0 Å². The molecule has 1 N–H and O–H groups in total. The fourth-order valence-corrected chi connectivity index (χ4v) is 2.42. The number of hydrogen-bond donors (Lipinski definition) is 1. The molecule has 0 atom stereocenters. The molecule has 0 radical (unpaired) electrons. The van der Waals surface area contributed by atoms with E-state index >= 15 is 0 Å². The van der Waals surface area contributed by atoms with Gasteiger partial charge in [-0.3, -0.25) is 4.90 Å². The molecular weight excluding hydrogens is 196 g/mol. The van der Waals surface area contributed by atoms with Crippen LogP contribution in [-0.4, -0.2) is 25.0 Å². The number of likely N-dealkylation sites (tertiary alicyclic amines) is 1. The number of nitrogens with one attached hydrogen (secondary N) is 1. The molecule has 2 heteroatoms. The highest BCUT2D eigenvalue weighted by Gasteiger charge is 2.10. The van der Waals surface area contributed by atoms with E-state index in [0.717, 1.165) is 13.1 Å². The smallest absolute Gasteiger partial charge is 0.0233 e. The SMILES string of the molecule is CNCc1cccc(CN2CCCCC2)c1. The first kappa shape index (κ1) is 11.6.